The van der Waals surface area contributed by atoms with Crippen molar-refractivity contribution < 1.29 is 9.59 Å². The van der Waals surface area contributed by atoms with Crippen molar-refractivity contribution in [2.24, 2.45) is 0 Å². The molecule has 1 aliphatic heterocycles. The standard InChI is InChI=1S/C13H15ClN2O2S/c14-11-4-3-9(19)7-10(11)13(18)15-8-12(17)16-5-1-2-6-16/h3-4,7,19H,1-2,5-6,8H2,(H,15,18). The molecular formula is C13H15ClN2O2S. The van der Waals surface area contributed by atoms with E-state index in [1.807, 2.05) is 0 Å². The van der Waals surface area contributed by atoms with Gasteiger partial charge < -0.3 is 10.2 Å². The number of halogens is 1. The van der Waals surface area contributed by atoms with Crippen LogP contribution in [-0.4, -0.2) is 36.3 Å². The highest BCUT2D eigenvalue weighted by Crippen LogP contribution is 2.19. The largest absolute Gasteiger partial charge is 0.343 e. The van der Waals surface area contributed by atoms with Crippen LogP contribution in [0, 0.1) is 0 Å². The van der Waals surface area contributed by atoms with Crippen LogP contribution in [0.1, 0.15) is 23.2 Å². The van der Waals surface area contributed by atoms with Crippen molar-refractivity contribution in [3.63, 3.8) is 0 Å². The maximum atomic E-state index is 11.9. The molecule has 19 heavy (non-hydrogen) atoms. The van der Waals surface area contributed by atoms with E-state index < -0.39 is 0 Å². The van der Waals surface area contributed by atoms with Crippen LogP contribution in [-0.2, 0) is 4.79 Å². The Morgan fingerprint density at radius 3 is 2.68 bits per heavy atom. The van der Waals surface area contributed by atoms with Gasteiger partial charge in [0.1, 0.15) is 0 Å². The molecule has 1 fully saturated rings. The third kappa shape index (κ3) is 3.64. The Kier molecular flexibility index (Phi) is 4.71. The van der Waals surface area contributed by atoms with E-state index in [0.29, 0.717) is 15.5 Å². The smallest absolute Gasteiger partial charge is 0.253 e. The first kappa shape index (κ1) is 14.2. The van der Waals surface area contributed by atoms with Crippen molar-refractivity contribution in [3.8, 4) is 0 Å². The van der Waals surface area contributed by atoms with E-state index in [4.69, 9.17) is 11.6 Å². The number of rotatable bonds is 3. The Hall–Kier alpha value is -1.20. The minimum atomic E-state index is -0.353. The van der Waals surface area contributed by atoms with E-state index in [1.54, 1.807) is 23.1 Å². The van der Waals surface area contributed by atoms with Crippen molar-refractivity contribution in [1.29, 1.82) is 0 Å². The SMILES string of the molecule is O=C(NCC(=O)N1CCCC1)c1cc(S)ccc1Cl. The van der Waals surface area contributed by atoms with Gasteiger partial charge >= 0.3 is 0 Å². The van der Waals surface area contributed by atoms with Crippen molar-refractivity contribution in [2.45, 2.75) is 17.7 Å². The number of amides is 2. The second-order valence-corrected chi connectivity index (χ2v) is 5.36. The molecule has 1 heterocycles. The molecule has 0 spiro atoms. The van der Waals surface area contributed by atoms with Gasteiger partial charge in [-0.25, -0.2) is 0 Å². The molecule has 6 heteroatoms. The van der Waals surface area contributed by atoms with E-state index in [1.165, 1.54) is 0 Å². The third-order valence-electron chi connectivity index (χ3n) is 3.05. The molecule has 2 rings (SSSR count). The van der Waals surface area contributed by atoms with Crippen LogP contribution in [0.2, 0.25) is 5.02 Å². The lowest BCUT2D eigenvalue weighted by Crippen LogP contribution is -2.38. The first-order chi connectivity index (χ1) is 9.08. The molecule has 1 N–H and O–H groups in total. The summed E-state index contributed by atoms with van der Waals surface area (Å²) in [5, 5.41) is 2.95. The lowest BCUT2D eigenvalue weighted by atomic mass is 10.2. The predicted octanol–water partition coefficient (Wildman–Crippen LogP) is 1.98. The maximum Gasteiger partial charge on any atom is 0.253 e. The van der Waals surface area contributed by atoms with Gasteiger partial charge in [-0.05, 0) is 31.0 Å². The average molecular weight is 299 g/mol. The van der Waals surface area contributed by atoms with Crippen LogP contribution in [0.25, 0.3) is 0 Å². The van der Waals surface area contributed by atoms with Gasteiger partial charge in [0, 0.05) is 18.0 Å². The van der Waals surface area contributed by atoms with Crippen LogP contribution in [0.4, 0.5) is 0 Å². The van der Waals surface area contributed by atoms with E-state index >= 15 is 0 Å². The summed E-state index contributed by atoms with van der Waals surface area (Å²) < 4.78 is 0. The molecule has 1 aromatic carbocycles. The van der Waals surface area contributed by atoms with Crippen molar-refractivity contribution in [2.75, 3.05) is 19.6 Å². The van der Waals surface area contributed by atoms with Crippen LogP contribution >= 0.6 is 24.2 Å². The molecule has 1 saturated heterocycles. The second kappa shape index (κ2) is 6.30. The Morgan fingerprint density at radius 1 is 1.32 bits per heavy atom. The highest BCUT2D eigenvalue weighted by atomic mass is 35.5. The highest BCUT2D eigenvalue weighted by Gasteiger charge is 2.19. The van der Waals surface area contributed by atoms with Crippen molar-refractivity contribution in [3.05, 3.63) is 28.8 Å². The molecule has 0 aromatic heterocycles. The summed E-state index contributed by atoms with van der Waals surface area (Å²) in [6.07, 6.45) is 2.07. The van der Waals surface area contributed by atoms with Crippen LogP contribution < -0.4 is 5.32 Å². The number of thiol groups is 1. The first-order valence-corrected chi connectivity index (χ1v) is 6.95. The fourth-order valence-corrected chi connectivity index (χ4v) is 2.42. The number of hydrogen-bond donors (Lipinski definition) is 2. The number of carbonyl (C=O) groups excluding carboxylic acids is 2. The second-order valence-electron chi connectivity index (χ2n) is 4.43. The normalized spacial score (nSPS) is 14.5. The molecule has 4 nitrogen and oxygen atoms in total. The molecule has 2 amide bonds. The summed E-state index contributed by atoms with van der Waals surface area (Å²) in [5.41, 5.74) is 0.336. The molecule has 1 aromatic rings. The lowest BCUT2D eigenvalue weighted by molar-refractivity contribution is -0.129. The summed E-state index contributed by atoms with van der Waals surface area (Å²) in [4.78, 5) is 26.1. The van der Waals surface area contributed by atoms with Gasteiger partial charge in [0.2, 0.25) is 5.91 Å². The summed E-state index contributed by atoms with van der Waals surface area (Å²) in [5.74, 6) is -0.405. The molecule has 0 aliphatic carbocycles. The minimum absolute atomic E-state index is 0.00591. The Balaban J connectivity index is 1.93. The fraction of sp³-hybridized carbons (Fsp3) is 0.385. The van der Waals surface area contributed by atoms with E-state index in [9.17, 15) is 9.59 Å². The van der Waals surface area contributed by atoms with E-state index in [2.05, 4.69) is 17.9 Å². The van der Waals surface area contributed by atoms with E-state index in [-0.39, 0.29) is 18.4 Å². The summed E-state index contributed by atoms with van der Waals surface area (Å²) in [6, 6.07) is 4.90. The van der Waals surface area contributed by atoms with Crippen LogP contribution in [0.5, 0.6) is 0 Å². The summed E-state index contributed by atoms with van der Waals surface area (Å²) in [6.45, 7) is 1.56. The highest BCUT2D eigenvalue weighted by molar-refractivity contribution is 7.80. The van der Waals surface area contributed by atoms with Crippen molar-refractivity contribution >= 4 is 36.0 Å². The van der Waals surface area contributed by atoms with Gasteiger partial charge in [-0.3, -0.25) is 9.59 Å². The molecular weight excluding hydrogens is 284 g/mol. The summed E-state index contributed by atoms with van der Waals surface area (Å²) >= 11 is 10.1. The quantitative estimate of drug-likeness (QED) is 0.839. The van der Waals surface area contributed by atoms with Gasteiger partial charge in [-0.1, -0.05) is 11.6 Å². The third-order valence-corrected chi connectivity index (χ3v) is 3.66. The number of nitrogens with one attached hydrogen (secondary N) is 1. The van der Waals surface area contributed by atoms with Gasteiger partial charge in [0.15, 0.2) is 0 Å². The molecule has 0 unspecified atom stereocenters. The molecule has 0 saturated carbocycles. The van der Waals surface area contributed by atoms with Gasteiger partial charge in [0.25, 0.3) is 5.91 Å². The zero-order chi connectivity index (χ0) is 13.8. The first-order valence-electron chi connectivity index (χ1n) is 6.12. The number of likely N-dealkylation sites (tertiary alicyclic amines) is 1. The molecule has 1 aliphatic rings. The topological polar surface area (TPSA) is 49.4 Å². The lowest BCUT2D eigenvalue weighted by Gasteiger charge is -2.15. The molecule has 0 atom stereocenters. The average Bonchev–Trinajstić information content (AvgIpc) is 2.92. The minimum Gasteiger partial charge on any atom is -0.343 e. The van der Waals surface area contributed by atoms with Crippen LogP contribution in [0.15, 0.2) is 23.1 Å². The Labute approximate surface area is 122 Å². The van der Waals surface area contributed by atoms with E-state index in [0.717, 1.165) is 25.9 Å². The summed E-state index contributed by atoms with van der Waals surface area (Å²) in [7, 11) is 0. The molecule has 0 bridgehead atoms. The predicted molar refractivity (Wildman–Crippen MR) is 76.9 cm³/mol. The maximum absolute atomic E-state index is 11.9. The Morgan fingerprint density at radius 2 is 2.00 bits per heavy atom. The fourth-order valence-electron chi connectivity index (χ4n) is 2.02. The Bertz CT molecular complexity index is 501. The van der Waals surface area contributed by atoms with Gasteiger partial charge in [-0.2, -0.15) is 0 Å². The number of nitrogens with zero attached hydrogens (tertiary/aromatic N) is 1. The monoisotopic (exact) mass is 298 g/mol. The molecule has 0 radical (unpaired) electrons. The number of hydrogen-bond acceptors (Lipinski definition) is 3. The van der Waals surface area contributed by atoms with Crippen molar-refractivity contribution in [1.82, 2.24) is 10.2 Å². The number of benzene rings is 1. The molecule has 102 valence electrons. The number of carbonyl (C=O) groups is 2. The van der Waals surface area contributed by atoms with Crippen LogP contribution in [0.3, 0.4) is 0 Å². The van der Waals surface area contributed by atoms with Gasteiger partial charge in [0.05, 0.1) is 17.1 Å². The zero-order valence-electron chi connectivity index (χ0n) is 10.4. The zero-order valence-corrected chi connectivity index (χ0v) is 12.0. The van der Waals surface area contributed by atoms with Gasteiger partial charge in [-0.15, -0.1) is 12.6 Å².